The molecule has 6 heteroatoms. The molecule has 0 aromatic heterocycles. The number of hydrogen-bond acceptors (Lipinski definition) is 4. The first-order valence-corrected chi connectivity index (χ1v) is 15.4. The van der Waals surface area contributed by atoms with Gasteiger partial charge < -0.3 is 14.2 Å². The van der Waals surface area contributed by atoms with Crippen molar-refractivity contribution >= 4 is 13.6 Å². The summed E-state index contributed by atoms with van der Waals surface area (Å²) < 4.78 is 23.6. The monoisotopic (exact) mass is 476 g/mol. The number of rotatable bonds is 26. The summed E-state index contributed by atoms with van der Waals surface area (Å²) in [5.74, 6) is -1.13. The molecule has 0 aromatic rings. The third-order valence-electron chi connectivity index (χ3n) is 5.90. The molecule has 0 radical (unpaired) electrons. The maximum Gasteiger partial charge on any atom is 0.341 e. The quantitative estimate of drug-likeness (QED) is 0.0995. The van der Waals surface area contributed by atoms with E-state index in [9.17, 15) is 9.36 Å². The number of carbonyl (C=O) groups is 1. The van der Waals surface area contributed by atoms with Crippen molar-refractivity contribution in [1.82, 2.24) is 0 Å². The third-order valence-corrected chi connectivity index (χ3v) is 7.71. The van der Waals surface area contributed by atoms with E-state index < -0.39 is 19.7 Å². The van der Waals surface area contributed by atoms with Crippen LogP contribution in [0.1, 0.15) is 142 Å². The Kier molecular flexibility index (Phi) is 23.5. The minimum Gasteiger partial charge on any atom is -0.481 e. The maximum atomic E-state index is 12.7. The van der Waals surface area contributed by atoms with Crippen LogP contribution >= 0.6 is 7.60 Å². The van der Waals surface area contributed by atoms with Crippen LogP contribution in [0.4, 0.5) is 0 Å². The van der Waals surface area contributed by atoms with Crippen LogP contribution in [-0.4, -0.2) is 30.5 Å². The van der Waals surface area contributed by atoms with E-state index in [-0.39, 0.29) is 0 Å². The van der Waals surface area contributed by atoms with Gasteiger partial charge in [0, 0.05) is 0 Å². The lowest BCUT2D eigenvalue weighted by Gasteiger charge is -2.17. The van der Waals surface area contributed by atoms with Crippen molar-refractivity contribution in [2.24, 2.45) is 0 Å². The summed E-state index contributed by atoms with van der Waals surface area (Å²) in [6.07, 6.45) is 23.7. The van der Waals surface area contributed by atoms with Crippen molar-refractivity contribution in [3.05, 3.63) is 0 Å². The lowest BCUT2D eigenvalue weighted by atomic mass is 10.1. The second kappa shape index (κ2) is 23.8. The van der Waals surface area contributed by atoms with E-state index in [1.54, 1.807) is 0 Å². The molecule has 0 heterocycles. The van der Waals surface area contributed by atoms with Crippen LogP contribution in [0, 0.1) is 0 Å². The van der Waals surface area contributed by atoms with Gasteiger partial charge in [0.1, 0.15) is 6.16 Å². The molecule has 0 fully saturated rings. The second-order valence-electron chi connectivity index (χ2n) is 9.19. The van der Waals surface area contributed by atoms with Crippen LogP contribution < -0.4 is 0 Å². The second-order valence-corrected chi connectivity index (χ2v) is 11.2. The van der Waals surface area contributed by atoms with Crippen molar-refractivity contribution in [2.75, 3.05) is 19.4 Å². The molecule has 0 aliphatic rings. The Hall–Kier alpha value is -0.380. The van der Waals surface area contributed by atoms with E-state index in [1.165, 1.54) is 89.9 Å². The number of carboxylic acid groups (broad SMARTS) is 1. The molecule has 192 valence electrons. The Balaban J connectivity index is 3.74. The number of hydrogen-bond donors (Lipinski definition) is 1. The fraction of sp³-hybridized carbons (Fsp3) is 0.962. The molecule has 32 heavy (non-hydrogen) atoms. The smallest absolute Gasteiger partial charge is 0.341 e. The van der Waals surface area contributed by atoms with Gasteiger partial charge in [-0.2, -0.15) is 0 Å². The van der Waals surface area contributed by atoms with Gasteiger partial charge >= 0.3 is 13.6 Å². The summed E-state index contributed by atoms with van der Waals surface area (Å²) in [5.41, 5.74) is 0. The fourth-order valence-electron chi connectivity index (χ4n) is 3.88. The average Bonchev–Trinajstić information content (AvgIpc) is 2.75. The highest BCUT2D eigenvalue weighted by Gasteiger charge is 2.28. The van der Waals surface area contributed by atoms with Gasteiger partial charge in [0.2, 0.25) is 0 Å². The van der Waals surface area contributed by atoms with Gasteiger partial charge in [0.15, 0.2) is 0 Å². The topological polar surface area (TPSA) is 72.8 Å². The first-order valence-electron chi connectivity index (χ1n) is 13.6. The van der Waals surface area contributed by atoms with Crippen LogP contribution in [0.2, 0.25) is 0 Å². The zero-order valence-corrected chi connectivity index (χ0v) is 22.2. The molecule has 0 saturated carbocycles. The van der Waals surface area contributed by atoms with Gasteiger partial charge in [-0.05, 0) is 12.8 Å². The number of aliphatic carboxylic acids is 1. The van der Waals surface area contributed by atoms with Gasteiger partial charge in [-0.1, -0.05) is 129 Å². The summed E-state index contributed by atoms with van der Waals surface area (Å²) in [6.45, 7) is 5.11. The summed E-state index contributed by atoms with van der Waals surface area (Å²) in [4.78, 5) is 11.1. The van der Waals surface area contributed by atoms with Gasteiger partial charge in [-0.25, -0.2) is 0 Å². The minimum atomic E-state index is -3.53. The van der Waals surface area contributed by atoms with E-state index in [4.69, 9.17) is 14.2 Å². The molecule has 0 bridgehead atoms. The molecule has 5 nitrogen and oxygen atoms in total. The lowest BCUT2D eigenvalue weighted by molar-refractivity contribution is -0.134. The minimum absolute atomic E-state index is 0.319. The molecule has 0 aliphatic carbocycles. The molecule has 1 N–H and O–H groups in total. The van der Waals surface area contributed by atoms with E-state index in [2.05, 4.69) is 13.8 Å². The number of carboxylic acids is 1. The Morgan fingerprint density at radius 1 is 0.562 bits per heavy atom. The van der Waals surface area contributed by atoms with E-state index in [1.807, 2.05) is 0 Å². The van der Waals surface area contributed by atoms with Crippen LogP contribution in [0.15, 0.2) is 0 Å². The van der Waals surface area contributed by atoms with Gasteiger partial charge in [0.05, 0.1) is 13.2 Å². The SMILES string of the molecule is CCCCCCCCCCCCOP(=O)(CC(=O)O)OCCCCCCCCCCCC. The average molecular weight is 477 g/mol. The Morgan fingerprint density at radius 3 is 1.12 bits per heavy atom. The van der Waals surface area contributed by atoms with E-state index in [0.717, 1.165) is 38.5 Å². The largest absolute Gasteiger partial charge is 0.481 e. The maximum absolute atomic E-state index is 12.7. The molecule has 0 unspecified atom stereocenters. The highest BCUT2D eigenvalue weighted by atomic mass is 31.2. The molecular formula is C26H53O5P. The van der Waals surface area contributed by atoms with E-state index >= 15 is 0 Å². The standard InChI is InChI=1S/C26H53O5P/c1-3-5-7-9-11-13-15-17-19-21-23-30-32(29,25-26(27)28)31-24-22-20-18-16-14-12-10-8-6-4-2/h3-25H2,1-2H3,(H,27,28). The Bertz CT molecular complexity index is 425. The van der Waals surface area contributed by atoms with Crippen LogP contribution in [0.25, 0.3) is 0 Å². The molecule has 0 atom stereocenters. The summed E-state index contributed by atoms with van der Waals surface area (Å²) >= 11 is 0. The van der Waals surface area contributed by atoms with Crippen molar-refractivity contribution in [3.8, 4) is 0 Å². The Morgan fingerprint density at radius 2 is 0.844 bits per heavy atom. The van der Waals surface area contributed by atoms with Crippen molar-refractivity contribution in [2.45, 2.75) is 142 Å². The summed E-state index contributed by atoms with van der Waals surface area (Å²) in [5, 5.41) is 9.07. The molecule has 0 amide bonds. The van der Waals surface area contributed by atoms with Crippen molar-refractivity contribution in [1.29, 1.82) is 0 Å². The van der Waals surface area contributed by atoms with Crippen LogP contribution in [-0.2, 0) is 18.4 Å². The summed E-state index contributed by atoms with van der Waals surface area (Å²) in [7, 11) is -3.53. The molecule has 0 rings (SSSR count). The summed E-state index contributed by atoms with van der Waals surface area (Å²) in [6, 6.07) is 0. The highest BCUT2D eigenvalue weighted by Crippen LogP contribution is 2.48. The molecule has 0 spiro atoms. The van der Waals surface area contributed by atoms with Crippen molar-refractivity contribution in [3.63, 3.8) is 0 Å². The van der Waals surface area contributed by atoms with Crippen LogP contribution in [0.3, 0.4) is 0 Å². The lowest BCUT2D eigenvalue weighted by Crippen LogP contribution is -2.10. The Labute approximate surface area is 199 Å². The molecule has 0 saturated heterocycles. The fourth-order valence-corrected chi connectivity index (χ4v) is 5.28. The molecule has 0 aliphatic heterocycles. The van der Waals surface area contributed by atoms with Gasteiger partial charge in [-0.15, -0.1) is 0 Å². The van der Waals surface area contributed by atoms with Crippen molar-refractivity contribution < 1.29 is 23.5 Å². The predicted molar refractivity (Wildman–Crippen MR) is 136 cm³/mol. The first kappa shape index (κ1) is 31.6. The van der Waals surface area contributed by atoms with Crippen LogP contribution in [0.5, 0.6) is 0 Å². The zero-order valence-electron chi connectivity index (χ0n) is 21.3. The van der Waals surface area contributed by atoms with E-state index in [0.29, 0.717) is 13.2 Å². The normalized spacial score (nSPS) is 11.8. The van der Waals surface area contributed by atoms with Gasteiger partial charge in [0.25, 0.3) is 0 Å². The molecular weight excluding hydrogens is 423 g/mol. The zero-order chi connectivity index (χ0) is 23.8. The first-order chi connectivity index (χ1) is 15.5. The number of unbranched alkanes of at least 4 members (excludes halogenated alkanes) is 18. The predicted octanol–water partition coefficient (Wildman–Crippen LogP) is 9.14. The molecule has 0 aromatic carbocycles. The highest BCUT2D eigenvalue weighted by molar-refractivity contribution is 7.54. The van der Waals surface area contributed by atoms with Gasteiger partial charge in [-0.3, -0.25) is 9.36 Å². The third kappa shape index (κ3) is 22.8.